The van der Waals surface area contributed by atoms with E-state index < -0.39 is 0 Å². The molecule has 4 heteroatoms. The van der Waals surface area contributed by atoms with Crippen LogP contribution in [0, 0.1) is 17.3 Å². The minimum Gasteiger partial charge on any atom is -0.455 e. The normalized spacial score (nSPS) is 21.2. The lowest BCUT2D eigenvalue weighted by atomic mass is 10.1. The molecule has 1 fully saturated rings. The van der Waals surface area contributed by atoms with Gasteiger partial charge in [-0.05, 0) is 25.2 Å². The fraction of sp³-hybridized carbons (Fsp3) is 0.400. The highest BCUT2D eigenvalue weighted by molar-refractivity contribution is 5.78. The molecule has 0 saturated heterocycles. The first-order valence-corrected chi connectivity index (χ1v) is 8.21. The monoisotopic (exact) mass is 325 g/mol. The van der Waals surface area contributed by atoms with Gasteiger partial charge in [0.05, 0.1) is 12.1 Å². The summed E-state index contributed by atoms with van der Waals surface area (Å²) >= 11 is 0. The van der Waals surface area contributed by atoms with Gasteiger partial charge in [-0.3, -0.25) is 4.79 Å². The first-order valence-electron chi connectivity index (χ1n) is 8.21. The van der Waals surface area contributed by atoms with Gasteiger partial charge in [0.2, 0.25) is 5.89 Å². The molecule has 0 bridgehead atoms. The third-order valence-electron chi connectivity index (χ3n) is 4.63. The SMILES string of the molecule is CC(C)=CC1C(C(=O)OCc2ncc(-c3ccccc3)o2)C1(C)C. The Labute approximate surface area is 142 Å². The molecule has 2 aromatic rings. The summed E-state index contributed by atoms with van der Waals surface area (Å²) in [5, 5.41) is 0. The van der Waals surface area contributed by atoms with Crippen molar-refractivity contribution in [1.82, 2.24) is 4.98 Å². The number of aromatic nitrogens is 1. The van der Waals surface area contributed by atoms with Crippen LogP contribution < -0.4 is 0 Å². The topological polar surface area (TPSA) is 52.3 Å². The highest BCUT2D eigenvalue weighted by Gasteiger charge is 2.61. The molecule has 1 aromatic carbocycles. The number of benzene rings is 1. The highest BCUT2D eigenvalue weighted by Crippen LogP contribution is 2.59. The van der Waals surface area contributed by atoms with E-state index in [-0.39, 0.29) is 29.8 Å². The number of hydrogen-bond acceptors (Lipinski definition) is 4. The van der Waals surface area contributed by atoms with Crippen LogP contribution in [-0.4, -0.2) is 11.0 Å². The standard InChI is InChI=1S/C20H23NO3/c1-13(2)10-15-18(20(15,3)4)19(22)23-12-17-21-11-16(24-17)14-8-6-5-7-9-14/h5-11,15,18H,12H2,1-4H3. The van der Waals surface area contributed by atoms with Gasteiger partial charge < -0.3 is 9.15 Å². The Morgan fingerprint density at radius 3 is 2.67 bits per heavy atom. The maximum absolute atomic E-state index is 12.3. The fourth-order valence-corrected chi connectivity index (χ4v) is 3.13. The second-order valence-electron chi connectivity index (χ2n) is 7.16. The number of nitrogens with zero attached hydrogens (tertiary/aromatic N) is 1. The van der Waals surface area contributed by atoms with Gasteiger partial charge in [-0.25, -0.2) is 4.98 Å². The van der Waals surface area contributed by atoms with Crippen LogP contribution in [0.3, 0.4) is 0 Å². The molecule has 1 aliphatic rings. The summed E-state index contributed by atoms with van der Waals surface area (Å²) in [4.78, 5) is 16.5. The third kappa shape index (κ3) is 3.28. The van der Waals surface area contributed by atoms with Gasteiger partial charge in [0.25, 0.3) is 0 Å². The Bertz CT molecular complexity index is 754. The van der Waals surface area contributed by atoms with Crippen LogP contribution in [0.5, 0.6) is 0 Å². The number of hydrogen-bond donors (Lipinski definition) is 0. The zero-order chi connectivity index (χ0) is 17.3. The molecule has 1 saturated carbocycles. The zero-order valence-corrected chi connectivity index (χ0v) is 14.6. The number of carbonyl (C=O) groups excluding carboxylic acids is 1. The first kappa shape index (κ1) is 16.5. The van der Waals surface area contributed by atoms with E-state index in [1.807, 2.05) is 30.3 Å². The van der Waals surface area contributed by atoms with E-state index >= 15 is 0 Å². The van der Waals surface area contributed by atoms with Gasteiger partial charge in [-0.15, -0.1) is 0 Å². The molecule has 1 heterocycles. The predicted octanol–water partition coefficient (Wildman–Crippen LogP) is 4.62. The largest absolute Gasteiger partial charge is 0.455 e. The van der Waals surface area contributed by atoms with E-state index in [0.29, 0.717) is 11.7 Å². The molecule has 2 atom stereocenters. The van der Waals surface area contributed by atoms with Crippen molar-refractivity contribution in [3.05, 3.63) is 54.1 Å². The predicted molar refractivity (Wildman–Crippen MR) is 91.9 cm³/mol. The van der Waals surface area contributed by atoms with Crippen LogP contribution in [0.4, 0.5) is 0 Å². The molecule has 0 spiro atoms. The Hall–Kier alpha value is -2.36. The summed E-state index contributed by atoms with van der Waals surface area (Å²) in [6.07, 6.45) is 3.82. The summed E-state index contributed by atoms with van der Waals surface area (Å²) in [5.41, 5.74) is 2.14. The number of rotatable bonds is 5. The average Bonchev–Trinajstić information content (AvgIpc) is 2.90. The second-order valence-corrected chi connectivity index (χ2v) is 7.16. The molecule has 0 amide bonds. The van der Waals surface area contributed by atoms with E-state index in [4.69, 9.17) is 9.15 Å². The average molecular weight is 325 g/mol. The maximum atomic E-state index is 12.3. The van der Waals surface area contributed by atoms with Crippen LogP contribution in [0.2, 0.25) is 0 Å². The van der Waals surface area contributed by atoms with Crippen molar-refractivity contribution in [3.63, 3.8) is 0 Å². The van der Waals surface area contributed by atoms with E-state index in [9.17, 15) is 4.79 Å². The van der Waals surface area contributed by atoms with E-state index in [0.717, 1.165) is 5.56 Å². The van der Waals surface area contributed by atoms with Crippen molar-refractivity contribution in [2.75, 3.05) is 0 Å². The number of esters is 1. The quantitative estimate of drug-likeness (QED) is 0.594. The molecule has 0 aliphatic heterocycles. The Morgan fingerprint density at radius 1 is 1.29 bits per heavy atom. The lowest BCUT2D eigenvalue weighted by Crippen LogP contribution is -2.10. The molecule has 3 rings (SSSR count). The van der Waals surface area contributed by atoms with Crippen LogP contribution >= 0.6 is 0 Å². The molecule has 24 heavy (non-hydrogen) atoms. The molecular formula is C20H23NO3. The van der Waals surface area contributed by atoms with E-state index in [1.54, 1.807) is 6.20 Å². The molecule has 4 nitrogen and oxygen atoms in total. The molecular weight excluding hydrogens is 302 g/mol. The number of carbonyl (C=O) groups is 1. The molecule has 126 valence electrons. The summed E-state index contributed by atoms with van der Waals surface area (Å²) in [6.45, 7) is 8.37. The van der Waals surface area contributed by atoms with Crippen LogP contribution in [-0.2, 0) is 16.1 Å². The Morgan fingerprint density at radius 2 is 2.00 bits per heavy atom. The van der Waals surface area contributed by atoms with Gasteiger partial charge in [-0.2, -0.15) is 0 Å². The van der Waals surface area contributed by atoms with Gasteiger partial charge in [0, 0.05) is 5.56 Å². The van der Waals surface area contributed by atoms with Crippen molar-refractivity contribution in [1.29, 1.82) is 0 Å². The minimum atomic E-state index is -0.179. The molecule has 0 radical (unpaired) electrons. The van der Waals surface area contributed by atoms with Gasteiger partial charge in [0.1, 0.15) is 0 Å². The Kier molecular flexibility index (Phi) is 4.31. The molecule has 2 unspecified atom stereocenters. The maximum Gasteiger partial charge on any atom is 0.310 e. The van der Waals surface area contributed by atoms with Gasteiger partial charge >= 0.3 is 5.97 Å². The second kappa shape index (κ2) is 6.27. The van der Waals surface area contributed by atoms with Crippen LogP contribution in [0.15, 0.2) is 52.6 Å². The number of allylic oxidation sites excluding steroid dienone is 2. The van der Waals surface area contributed by atoms with Crippen molar-refractivity contribution in [3.8, 4) is 11.3 Å². The van der Waals surface area contributed by atoms with Gasteiger partial charge in [-0.1, -0.05) is 55.8 Å². The summed E-state index contributed by atoms with van der Waals surface area (Å²) in [5.74, 6) is 1.08. The summed E-state index contributed by atoms with van der Waals surface area (Å²) < 4.78 is 11.1. The highest BCUT2D eigenvalue weighted by atomic mass is 16.5. The molecule has 1 aromatic heterocycles. The Balaban J connectivity index is 1.60. The van der Waals surface area contributed by atoms with E-state index in [2.05, 4.69) is 38.8 Å². The minimum absolute atomic E-state index is 0.0415. The smallest absolute Gasteiger partial charge is 0.310 e. The third-order valence-corrected chi connectivity index (χ3v) is 4.63. The van der Waals surface area contributed by atoms with Crippen molar-refractivity contribution in [2.24, 2.45) is 17.3 Å². The summed E-state index contributed by atoms with van der Waals surface area (Å²) in [6, 6.07) is 9.73. The molecule has 0 N–H and O–H groups in total. The fourth-order valence-electron chi connectivity index (χ4n) is 3.13. The number of ether oxygens (including phenoxy) is 1. The van der Waals surface area contributed by atoms with Crippen LogP contribution in [0.1, 0.15) is 33.6 Å². The number of oxazole rings is 1. The zero-order valence-electron chi connectivity index (χ0n) is 14.6. The molecule has 1 aliphatic carbocycles. The van der Waals surface area contributed by atoms with Crippen molar-refractivity contribution in [2.45, 2.75) is 34.3 Å². The lowest BCUT2D eigenvalue weighted by molar-refractivity contribution is -0.148. The summed E-state index contributed by atoms with van der Waals surface area (Å²) in [7, 11) is 0. The van der Waals surface area contributed by atoms with Crippen LogP contribution in [0.25, 0.3) is 11.3 Å². The lowest BCUT2D eigenvalue weighted by Gasteiger charge is -2.03. The van der Waals surface area contributed by atoms with Gasteiger partial charge in [0.15, 0.2) is 12.4 Å². The van der Waals surface area contributed by atoms with E-state index in [1.165, 1.54) is 5.57 Å². The van der Waals surface area contributed by atoms with Crippen molar-refractivity contribution >= 4 is 5.97 Å². The first-order chi connectivity index (χ1) is 11.4. The van der Waals surface area contributed by atoms with Crippen molar-refractivity contribution < 1.29 is 13.9 Å².